The molecule has 0 radical (unpaired) electrons. The van der Waals surface area contributed by atoms with E-state index in [0.717, 1.165) is 6.42 Å². The number of anilines is 1. The van der Waals surface area contributed by atoms with Crippen LogP contribution >= 0.6 is 11.6 Å². The van der Waals surface area contributed by atoms with Crippen molar-refractivity contribution in [3.05, 3.63) is 88.5 Å². The van der Waals surface area contributed by atoms with E-state index in [1.807, 2.05) is 6.92 Å². The van der Waals surface area contributed by atoms with Crippen LogP contribution in [0.2, 0.25) is 5.02 Å². The lowest BCUT2D eigenvalue weighted by Gasteiger charge is -2.26. The fourth-order valence-corrected chi connectivity index (χ4v) is 4.33. The Balaban J connectivity index is 1.94. The van der Waals surface area contributed by atoms with Crippen LogP contribution in [0.1, 0.15) is 30.5 Å². The lowest BCUT2D eigenvalue weighted by atomic mass is 9.95. The maximum absolute atomic E-state index is 13.4. The molecule has 1 amide bonds. The Hall–Kier alpha value is -3.97. The number of carbonyl (C=O) groups is 2. The molecule has 0 saturated carbocycles. The Bertz CT molecular complexity index is 1340. The molecule has 1 atom stereocenters. The lowest BCUT2D eigenvalue weighted by molar-refractivity contribution is -0.132. The fourth-order valence-electron chi connectivity index (χ4n) is 4.13. The number of hydrogen-bond acceptors (Lipinski definition) is 6. The van der Waals surface area contributed by atoms with E-state index in [2.05, 4.69) is 0 Å². The fraction of sp³-hybridized carbons (Fsp3) is 0.214. The van der Waals surface area contributed by atoms with Crippen molar-refractivity contribution in [3.63, 3.8) is 0 Å². The van der Waals surface area contributed by atoms with Crippen LogP contribution in [-0.4, -0.2) is 37.6 Å². The van der Waals surface area contributed by atoms with Crippen LogP contribution in [0.25, 0.3) is 5.76 Å². The molecule has 1 saturated heterocycles. The molecule has 4 rings (SSSR count). The molecule has 1 N–H and O–H groups in total. The molecule has 0 spiro atoms. The molecule has 1 aliphatic heterocycles. The minimum Gasteiger partial charge on any atom is -0.507 e. The SMILES string of the molecule is CCCOc1cccc(N2C(=O)C(=O)/C(=C(/O)c3cc(OC)ccc3Cl)C2c2cccc(OC)c2)c1. The van der Waals surface area contributed by atoms with Gasteiger partial charge in [-0.1, -0.05) is 36.7 Å². The molecular formula is C28H26ClNO6. The molecule has 0 aromatic heterocycles. The Morgan fingerprint density at radius 1 is 0.944 bits per heavy atom. The third-order valence-corrected chi connectivity index (χ3v) is 6.18. The number of rotatable bonds is 8. The first kappa shape index (κ1) is 25.1. The average Bonchev–Trinajstić information content (AvgIpc) is 3.17. The minimum atomic E-state index is -0.941. The number of methoxy groups -OCH3 is 2. The van der Waals surface area contributed by atoms with Gasteiger partial charge >= 0.3 is 0 Å². The topological polar surface area (TPSA) is 85.3 Å². The Morgan fingerprint density at radius 2 is 1.64 bits per heavy atom. The predicted molar refractivity (Wildman–Crippen MR) is 138 cm³/mol. The van der Waals surface area contributed by atoms with Crippen LogP contribution in [-0.2, 0) is 9.59 Å². The van der Waals surface area contributed by atoms with E-state index in [4.69, 9.17) is 25.8 Å². The van der Waals surface area contributed by atoms with Crippen molar-refractivity contribution in [3.8, 4) is 17.2 Å². The molecule has 36 heavy (non-hydrogen) atoms. The van der Waals surface area contributed by atoms with Gasteiger partial charge in [0.15, 0.2) is 0 Å². The van der Waals surface area contributed by atoms with E-state index in [0.29, 0.717) is 35.1 Å². The van der Waals surface area contributed by atoms with Gasteiger partial charge in [-0.2, -0.15) is 0 Å². The predicted octanol–water partition coefficient (Wildman–Crippen LogP) is 5.77. The highest BCUT2D eigenvalue weighted by Gasteiger charge is 2.47. The van der Waals surface area contributed by atoms with Gasteiger partial charge in [0.05, 0.1) is 37.5 Å². The average molecular weight is 508 g/mol. The van der Waals surface area contributed by atoms with Crippen LogP contribution in [0.4, 0.5) is 5.69 Å². The molecule has 7 nitrogen and oxygen atoms in total. The smallest absolute Gasteiger partial charge is 0.300 e. The van der Waals surface area contributed by atoms with E-state index in [-0.39, 0.29) is 16.2 Å². The Kier molecular flexibility index (Phi) is 7.50. The molecule has 1 heterocycles. The lowest BCUT2D eigenvalue weighted by Crippen LogP contribution is -2.29. The number of benzene rings is 3. The second-order valence-corrected chi connectivity index (χ2v) is 8.54. The zero-order valence-electron chi connectivity index (χ0n) is 20.2. The normalized spacial score (nSPS) is 16.8. The number of aliphatic hydroxyl groups is 1. The number of carbonyl (C=O) groups excluding carboxylic acids is 2. The summed E-state index contributed by atoms with van der Waals surface area (Å²) < 4.78 is 16.4. The summed E-state index contributed by atoms with van der Waals surface area (Å²) in [5.41, 5.74) is 1.12. The van der Waals surface area contributed by atoms with E-state index in [1.54, 1.807) is 60.7 Å². The first-order valence-corrected chi connectivity index (χ1v) is 11.8. The van der Waals surface area contributed by atoms with E-state index in [9.17, 15) is 14.7 Å². The summed E-state index contributed by atoms with van der Waals surface area (Å²) in [6.45, 7) is 2.50. The van der Waals surface area contributed by atoms with Gasteiger partial charge in [-0.05, 0) is 54.4 Å². The Morgan fingerprint density at radius 3 is 2.36 bits per heavy atom. The summed E-state index contributed by atoms with van der Waals surface area (Å²) in [5, 5.41) is 11.6. The number of nitrogens with zero attached hydrogens (tertiary/aromatic N) is 1. The number of Topliss-reactive ketones (excluding diaryl/α,β-unsaturated/α-hetero) is 1. The van der Waals surface area contributed by atoms with Crippen molar-refractivity contribution in [2.75, 3.05) is 25.7 Å². The van der Waals surface area contributed by atoms with Crippen molar-refractivity contribution in [1.29, 1.82) is 0 Å². The van der Waals surface area contributed by atoms with E-state index >= 15 is 0 Å². The highest BCUT2D eigenvalue weighted by atomic mass is 35.5. The summed E-state index contributed by atoms with van der Waals surface area (Å²) in [4.78, 5) is 28.2. The maximum atomic E-state index is 13.4. The van der Waals surface area contributed by atoms with Gasteiger partial charge in [0.1, 0.15) is 23.0 Å². The summed E-state index contributed by atoms with van der Waals surface area (Å²) >= 11 is 6.38. The molecular weight excluding hydrogens is 482 g/mol. The molecule has 186 valence electrons. The number of ketones is 1. The van der Waals surface area contributed by atoms with Crippen LogP contribution in [0.5, 0.6) is 17.2 Å². The molecule has 3 aromatic rings. The van der Waals surface area contributed by atoms with Gasteiger partial charge < -0.3 is 19.3 Å². The number of halogens is 1. The summed E-state index contributed by atoms with van der Waals surface area (Å²) in [5.74, 6) is -0.469. The molecule has 8 heteroatoms. The van der Waals surface area contributed by atoms with Crippen molar-refractivity contribution >= 4 is 34.7 Å². The molecule has 0 bridgehead atoms. The van der Waals surface area contributed by atoms with Crippen LogP contribution in [0.15, 0.2) is 72.3 Å². The molecule has 1 aliphatic rings. The standard InChI is InChI=1S/C28H26ClNO6/c1-4-13-36-21-10-6-8-18(15-21)30-25(17-7-5-9-19(14-17)34-2)24(27(32)28(30)33)26(31)22-16-20(35-3)11-12-23(22)29/h5-12,14-16,25,31H,4,13H2,1-3H3/b26-24+. The second kappa shape index (κ2) is 10.7. The van der Waals surface area contributed by atoms with Crippen molar-refractivity contribution in [2.45, 2.75) is 19.4 Å². The number of aliphatic hydroxyl groups excluding tert-OH is 1. The number of amides is 1. The third kappa shape index (κ3) is 4.75. The third-order valence-electron chi connectivity index (χ3n) is 5.85. The monoisotopic (exact) mass is 507 g/mol. The number of ether oxygens (including phenoxy) is 3. The van der Waals surface area contributed by atoms with Crippen molar-refractivity contribution < 1.29 is 28.9 Å². The van der Waals surface area contributed by atoms with Gasteiger partial charge in [-0.25, -0.2) is 0 Å². The van der Waals surface area contributed by atoms with E-state index < -0.39 is 23.5 Å². The summed E-state index contributed by atoms with van der Waals surface area (Å²) in [7, 11) is 3.01. The first-order valence-electron chi connectivity index (χ1n) is 11.4. The molecule has 0 aliphatic carbocycles. The van der Waals surface area contributed by atoms with Crippen LogP contribution < -0.4 is 19.1 Å². The van der Waals surface area contributed by atoms with Gasteiger partial charge in [-0.15, -0.1) is 0 Å². The summed E-state index contributed by atoms with van der Waals surface area (Å²) in [6, 6.07) is 17.7. The van der Waals surface area contributed by atoms with Gasteiger partial charge in [0.2, 0.25) is 0 Å². The Labute approximate surface area is 214 Å². The number of hydrogen-bond donors (Lipinski definition) is 1. The van der Waals surface area contributed by atoms with E-state index in [1.165, 1.54) is 25.2 Å². The molecule has 1 unspecified atom stereocenters. The zero-order valence-corrected chi connectivity index (χ0v) is 20.9. The zero-order chi connectivity index (χ0) is 25.8. The molecule has 3 aromatic carbocycles. The maximum Gasteiger partial charge on any atom is 0.300 e. The largest absolute Gasteiger partial charge is 0.507 e. The molecule has 1 fully saturated rings. The quantitative estimate of drug-likeness (QED) is 0.236. The minimum absolute atomic E-state index is 0.0942. The van der Waals surface area contributed by atoms with Gasteiger partial charge in [-0.3, -0.25) is 14.5 Å². The van der Waals surface area contributed by atoms with Crippen molar-refractivity contribution in [1.82, 2.24) is 0 Å². The van der Waals surface area contributed by atoms with Crippen LogP contribution in [0.3, 0.4) is 0 Å². The highest BCUT2D eigenvalue weighted by Crippen LogP contribution is 2.44. The summed E-state index contributed by atoms with van der Waals surface area (Å²) in [6.07, 6.45) is 0.819. The second-order valence-electron chi connectivity index (χ2n) is 8.14. The van der Waals surface area contributed by atoms with Gasteiger partial charge in [0.25, 0.3) is 11.7 Å². The van der Waals surface area contributed by atoms with Crippen LogP contribution in [0, 0.1) is 0 Å². The first-order chi connectivity index (χ1) is 17.4. The van der Waals surface area contributed by atoms with Gasteiger partial charge in [0, 0.05) is 17.3 Å². The van der Waals surface area contributed by atoms with Crippen molar-refractivity contribution in [2.24, 2.45) is 0 Å². The highest BCUT2D eigenvalue weighted by molar-refractivity contribution is 6.52.